The third-order valence-electron chi connectivity index (χ3n) is 3.71. The molecule has 0 aliphatic heterocycles. The van der Waals surface area contributed by atoms with Crippen LogP contribution in [0.5, 0.6) is 17.2 Å². The number of aryl methyl sites for hydroxylation is 1. The minimum absolute atomic E-state index is 0.0592. The summed E-state index contributed by atoms with van der Waals surface area (Å²) in [4.78, 5) is 12.4. The van der Waals surface area contributed by atoms with E-state index in [1.807, 2.05) is 25.1 Å². The Kier molecular flexibility index (Phi) is 6.23. The second kappa shape index (κ2) is 8.58. The number of benzene rings is 2. The lowest BCUT2D eigenvalue weighted by Gasteiger charge is -2.12. The van der Waals surface area contributed by atoms with Crippen LogP contribution < -0.4 is 19.5 Å². The number of nitrogens with one attached hydrogen (secondary N) is 1. The molecule has 0 spiro atoms. The molecule has 0 aliphatic carbocycles. The molecule has 0 radical (unpaired) electrons. The van der Waals surface area contributed by atoms with Gasteiger partial charge in [0.05, 0.1) is 21.3 Å². The van der Waals surface area contributed by atoms with E-state index in [-0.39, 0.29) is 5.57 Å². The molecule has 26 heavy (non-hydrogen) atoms. The maximum atomic E-state index is 12.4. The summed E-state index contributed by atoms with van der Waals surface area (Å²) in [7, 11) is 4.52. The first-order valence-corrected chi connectivity index (χ1v) is 7.82. The van der Waals surface area contributed by atoms with Gasteiger partial charge in [-0.05, 0) is 31.2 Å². The molecule has 2 rings (SSSR count). The summed E-state index contributed by atoms with van der Waals surface area (Å²) in [6.07, 6.45) is 1.45. The number of hydrogen-bond acceptors (Lipinski definition) is 5. The van der Waals surface area contributed by atoms with Crippen molar-refractivity contribution in [2.24, 2.45) is 0 Å². The van der Waals surface area contributed by atoms with E-state index in [0.29, 0.717) is 28.5 Å². The largest absolute Gasteiger partial charge is 0.496 e. The quantitative estimate of drug-likeness (QED) is 0.635. The lowest BCUT2D eigenvalue weighted by molar-refractivity contribution is -0.112. The van der Waals surface area contributed by atoms with Crippen molar-refractivity contribution in [2.75, 3.05) is 26.6 Å². The summed E-state index contributed by atoms with van der Waals surface area (Å²) < 4.78 is 15.8. The van der Waals surface area contributed by atoms with Crippen molar-refractivity contribution in [3.05, 3.63) is 53.1 Å². The number of rotatable bonds is 6. The first kappa shape index (κ1) is 18.9. The number of carbonyl (C=O) groups is 1. The van der Waals surface area contributed by atoms with Gasteiger partial charge in [0.2, 0.25) is 0 Å². The lowest BCUT2D eigenvalue weighted by Crippen LogP contribution is -2.13. The van der Waals surface area contributed by atoms with Gasteiger partial charge in [0.25, 0.3) is 5.91 Å². The van der Waals surface area contributed by atoms with Gasteiger partial charge in [0.1, 0.15) is 17.4 Å². The van der Waals surface area contributed by atoms with Crippen LogP contribution in [-0.2, 0) is 4.79 Å². The van der Waals surface area contributed by atoms with Crippen LogP contribution in [0.15, 0.2) is 42.0 Å². The molecule has 0 saturated heterocycles. The maximum absolute atomic E-state index is 12.4. The molecule has 134 valence electrons. The number of anilines is 1. The normalized spacial score (nSPS) is 10.7. The molecule has 0 fully saturated rings. The van der Waals surface area contributed by atoms with Crippen molar-refractivity contribution in [1.82, 2.24) is 0 Å². The number of amides is 1. The Morgan fingerprint density at radius 2 is 1.58 bits per heavy atom. The molecule has 2 aromatic rings. The monoisotopic (exact) mass is 352 g/mol. The summed E-state index contributed by atoms with van der Waals surface area (Å²) in [6, 6.07) is 12.5. The highest BCUT2D eigenvalue weighted by Crippen LogP contribution is 2.35. The standard InChI is InChI=1S/C20H20N2O4/c1-13-5-7-16(8-6-13)22-20(23)15(12-21)9-14-10-18(25-3)19(26-4)11-17(14)24-2/h5-11H,1-4H3,(H,22,23)/b15-9+. The minimum atomic E-state index is -0.506. The van der Waals surface area contributed by atoms with E-state index in [4.69, 9.17) is 14.2 Å². The van der Waals surface area contributed by atoms with E-state index in [1.54, 1.807) is 24.3 Å². The summed E-state index contributed by atoms with van der Waals surface area (Å²) in [5.41, 5.74) is 2.16. The number of nitriles is 1. The van der Waals surface area contributed by atoms with Crippen molar-refractivity contribution in [3.8, 4) is 23.3 Å². The van der Waals surface area contributed by atoms with Gasteiger partial charge in [0, 0.05) is 17.3 Å². The van der Waals surface area contributed by atoms with E-state index < -0.39 is 5.91 Å². The third kappa shape index (κ3) is 4.33. The molecule has 0 aliphatic rings. The Balaban J connectivity index is 2.36. The molecule has 0 heterocycles. The fourth-order valence-electron chi connectivity index (χ4n) is 2.31. The smallest absolute Gasteiger partial charge is 0.266 e. The van der Waals surface area contributed by atoms with Gasteiger partial charge in [-0.3, -0.25) is 4.79 Å². The molecule has 6 heteroatoms. The van der Waals surface area contributed by atoms with Crippen molar-refractivity contribution in [3.63, 3.8) is 0 Å². The number of carbonyl (C=O) groups excluding carboxylic acids is 1. The van der Waals surface area contributed by atoms with Crippen molar-refractivity contribution < 1.29 is 19.0 Å². The van der Waals surface area contributed by atoms with E-state index >= 15 is 0 Å². The van der Waals surface area contributed by atoms with E-state index in [1.165, 1.54) is 27.4 Å². The van der Waals surface area contributed by atoms with Gasteiger partial charge in [-0.15, -0.1) is 0 Å². The molecule has 1 N–H and O–H groups in total. The average Bonchev–Trinajstić information content (AvgIpc) is 2.66. The predicted octanol–water partition coefficient (Wildman–Crippen LogP) is 3.57. The predicted molar refractivity (Wildman–Crippen MR) is 99.5 cm³/mol. The first-order valence-electron chi connectivity index (χ1n) is 7.82. The Bertz CT molecular complexity index is 865. The highest BCUT2D eigenvalue weighted by Gasteiger charge is 2.14. The van der Waals surface area contributed by atoms with Gasteiger partial charge >= 0.3 is 0 Å². The fraction of sp³-hybridized carbons (Fsp3) is 0.200. The van der Waals surface area contributed by atoms with Gasteiger partial charge in [0.15, 0.2) is 11.5 Å². The Hall–Kier alpha value is -3.46. The van der Waals surface area contributed by atoms with Crippen molar-refractivity contribution in [2.45, 2.75) is 6.92 Å². The molecule has 0 atom stereocenters. The second-order valence-electron chi connectivity index (χ2n) is 5.44. The van der Waals surface area contributed by atoms with Crippen LogP contribution >= 0.6 is 0 Å². The number of nitrogens with zero attached hydrogens (tertiary/aromatic N) is 1. The molecule has 0 aromatic heterocycles. The van der Waals surface area contributed by atoms with Crippen LogP contribution in [0.4, 0.5) is 5.69 Å². The highest BCUT2D eigenvalue weighted by molar-refractivity contribution is 6.09. The number of ether oxygens (including phenoxy) is 3. The molecule has 6 nitrogen and oxygen atoms in total. The average molecular weight is 352 g/mol. The minimum Gasteiger partial charge on any atom is -0.496 e. The first-order chi connectivity index (χ1) is 12.5. The van der Waals surface area contributed by atoms with Gasteiger partial charge in [-0.2, -0.15) is 5.26 Å². The SMILES string of the molecule is COc1cc(OC)c(OC)cc1/C=C(\C#N)C(=O)Nc1ccc(C)cc1. The zero-order valence-electron chi connectivity index (χ0n) is 15.1. The Labute approximate surface area is 152 Å². The summed E-state index contributed by atoms with van der Waals surface area (Å²) in [5.74, 6) is 0.909. The Morgan fingerprint density at radius 1 is 1.00 bits per heavy atom. The molecule has 0 bridgehead atoms. The Morgan fingerprint density at radius 3 is 2.12 bits per heavy atom. The number of hydrogen-bond donors (Lipinski definition) is 1. The topological polar surface area (TPSA) is 80.6 Å². The van der Waals surface area contributed by atoms with Crippen LogP contribution in [0, 0.1) is 18.3 Å². The van der Waals surface area contributed by atoms with Crippen LogP contribution in [-0.4, -0.2) is 27.2 Å². The van der Waals surface area contributed by atoms with Crippen LogP contribution in [0.2, 0.25) is 0 Å². The third-order valence-corrected chi connectivity index (χ3v) is 3.71. The highest BCUT2D eigenvalue weighted by atomic mass is 16.5. The van der Waals surface area contributed by atoms with Crippen LogP contribution in [0.25, 0.3) is 6.08 Å². The zero-order valence-corrected chi connectivity index (χ0v) is 15.1. The fourth-order valence-corrected chi connectivity index (χ4v) is 2.31. The van der Waals surface area contributed by atoms with E-state index in [0.717, 1.165) is 5.56 Å². The maximum Gasteiger partial charge on any atom is 0.266 e. The van der Waals surface area contributed by atoms with Gasteiger partial charge in [-0.1, -0.05) is 17.7 Å². The van der Waals surface area contributed by atoms with Crippen LogP contribution in [0.3, 0.4) is 0 Å². The number of methoxy groups -OCH3 is 3. The van der Waals surface area contributed by atoms with E-state index in [9.17, 15) is 10.1 Å². The molecular weight excluding hydrogens is 332 g/mol. The molecule has 2 aromatic carbocycles. The second-order valence-corrected chi connectivity index (χ2v) is 5.44. The molecule has 1 amide bonds. The summed E-state index contributed by atoms with van der Waals surface area (Å²) in [5, 5.41) is 12.1. The summed E-state index contributed by atoms with van der Waals surface area (Å²) in [6.45, 7) is 1.95. The van der Waals surface area contributed by atoms with Gasteiger partial charge < -0.3 is 19.5 Å². The molecule has 0 unspecified atom stereocenters. The van der Waals surface area contributed by atoms with Gasteiger partial charge in [-0.25, -0.2) is 0 Å². The lowest BCUT2D eigenvalue weighted by atomic mass is 10.1. The van der Waals surface area contributed by atoms with Crippen molar-refractivity contribution in [1.29, 1.82) is 5.26 Å². The van der Waals surface area contributed by atoms with Crippen molar-refractivity contribution >= 4 is 17.7 Å². The van der Waals surface area contributed by atoms with E-state index in [2.05, 4.69) is 5.32 Å². The molecule has 0 saturated carbocycles. The van der Waals surface area contributed by atoms with Crippen LogP contribution in [0.1, 0.15) is 11.1 Å². The summed E-state index contributed by atoms with van der Waals surface area (Å²) >= 11 is 0. The molecular formula is C20H20N2O4. The zero-order chi connectivity index (χ0) is 19.1.